The van der Waals surface area contributed by atoms with E-state index in [2.05, 4.69) is 40.2 Å². The van der Waals surface area contributed by atoms with Gasteiger partial charge in [0.1, 0.15) is 0 Å². The summed E-state index contributed by atoms with van der Waals surface area (Å²) in [7, 11) is 0. The largest absolute Gasteiger partial charge is 0.465 e. The molecule has 0 aliphatic carbocycles. The maximum absolute atomic E-state index is 11.0. The predicted molar refractivity (Wildman–Crippen MR) is 116 cm³/mol. The minimum absolute atomic E-state index is 0.0708. The van der Waals surface area contributed by atoms with Crippen LogP contribution in [0.25, 0.3) is 22.0 Å². The minimum Gasteiger partial charge on any atom is -0.465 e. The van der Waals surface area contributed by atoms with Gasteiger partial charge in [0.2, 0.25) is 5.95 Å². The molecule has 1 aliphatic rings. The molecule has 0 bridgehead atoms. The molecule has 2 N–H and O–H groups in total. The number of benzene rings is 2. The van der Waals surface area contributed by atoms with E-state index in [4.69, 9.17) is 15.2 Å². The maximum atomic E-state index is 11.0. The van der Waals surface area contributed by atoms with Gasteiger partial charge in [-0.15, -0.1) is 0 Å². The van der Waals surface area contributed by atoms with Crippen LogP contribution in [0.2, 0.25) is 0 Å². The summed E-state index contributed by atoms with van der Waals surface area (Å²) in [6.45, 7) is 3.01. The van der Waals surface area contributed by atoms with E-state index in [0.29, 0.717) is 43.6 Å². The van der Waals surface area contributed by atoms with Crippen LogP contribution in [0, 0.1) is 0 Å². The molecule has 0 unspecified atom stereocenters. The zero-order valence-corrected chi connectivity index (χ0v) is 16.9. The first-order valence-corrected chi connectivity index (χ1v) is 10.0. The quantitative estimate of drug-likeness (QED) is 0.647. The molecule has 1 saturated heterocycles. The highest BCUT2D eigenvalue weighted by Crippen LogP contribution is 2.24. The topological polar surface area (TPSA) is 110 Å². The standard InChI is InChI=1S/C22H23N5O4/c28-21(29)27(22(30)31)14-11-25-9-12-26(13-10-25)20-23-8-7-19(24-20)18-6-5-16-3-1-2-4-17(16)15-18/h1-8,15H,9-14H2,(H,28,29)(H,30,31). The third-order valence-corrected chi connectivity index (χ3v) is 5.44. The lowest BCUT2D eigenvalue weighted by atomic mass is 10.1. The van der Waals surface area contributed by atoms with Gasteiger partial charge in [0.25, 0.3) is 0 Å². The molecule has 0 atom stereocenters. The average Bonchev–Trinajstić information content (AvgIpc) is 2.79. The number of fused-ring (bicyclic) bond motifs is 1. The van der Waals surface area contributed by atoms with Crippen molar-refractivity contribution in [3.8, 4) is 11.3 Å². The number of hydrogen-bond acceptors (Lipinski definition) is 6. The van der Waals surface area contributed by atoms with E-state index >= 15 is 0 Å². The van der Waals surface area contributed by atoms with Crippen molar-refractivity contribution in [3.05, 3.63) is 54.7 Å². The monoisotopic (exact) mass is 421 g/mol. The number of aromatic nitrogens is 2. The third kappa shape index (κ3) is 4.72. The van der Waals surface area contributed by atoms with Crippen molar-refractivity contribution in [2.45, 2.75) is 0 Å². The van der Waals surface area contributed by atoms with Crippen LogP contribution in [0.1, 0.15) is 0 Å². The summed E-state index contributed by atoms with van der Waals surface area (Å²) in [5.41, 5.74) is 1.89. The number of rotatable bonds is 5. The lowest BCUT2D eigenvalue weighted by molar-refractivity contribution is 0.116. The summed E-state index contributed by atoms with van der Waals surface area (Å²) in [5.74, 6) is 0.656. The highest BCUT2D eigenvalue weighted by molar-refractivity contribution is 5.87. The van der Waals surface area contributed by atoms with Crippen molar-refractivity contribution in [2.24, 2.45) is 0 Å². The number of nitrogens with zero attached hydrogens (tertiary/aromatic N) is 5. The van der Waals surface area contributed by atoms with E-state index in [0.717, 1.165) is 16.6 Å². The van der Waals surface area contributed by atoms with E-state index in [1.54, 1.807) is 6.20 Å². The normalized spacial score (nSPS) is 14.5. The number of amides is 2. The first-order chi connectivity index (χ1) is 15.0. The molecule has 160 valence electrons. The number of anilines is 1. The molecule has 9 nitrogen and oxygen atoms in total. The van der Waals surface area contributed by atoms with Gasteiger partial charge in [-0.25, -0.2) is 24.5 Å². The molecule has 31 heavy (non-hydrogen) atoms. The summed E-state index contributed by atoms with van der Waals surface area (Å²) in [6, 6.07) is 16.4. The average molecular weight is 421 g/mol. The molecule has 2 amide bonds. The van der Waals surface area contributed by atoms with E-state index in [9.17, 15) is 9.59 Å². The molecule has 9 heteroatoms. The highest BCUT2D eigenvalue weighted by Gasteiger charge is 2.23. The fourth-order valence-electron chi connectivity index (χ4n) is 3.70. The van der Waals surface area contributed by atoms with Crippen LogP contribution in [0.15, 0.2) is 54.7 Å². The molecular weight excluding hydrogens is 398 g/mol. The Bertz CT molecular complexity index is 1080. The van der Waals surface area contributed by atoms with Gasteiger partial charge in [-0.3, -0.25) is 4.90 Å². The van der Waals surface area contributed by atoms with Gasteiger partial charge in [0.15, 0.2) is 0 Å². The summed E-state index contributed by atoms with van der Waals surface area (Å²) >= 11 is 0. The van der Waals surface area contributed by atoms with Crippen LogP contribution < -0.4 is 4.90 Å². The van der Waals surface area contributed by atoms with Crippen LogP contribution in [-0.4, -0.2) is 81.4 Å². The zero-order chi connectivity index (χ0) is 21.8. The van der Waals surface area contributed by atoms with Crippen LogP contribution in [-0.2, 0) is 0 Å². The summed E-state index contributed by atoms with van der Waals surface area (Å²) < 4.78 is 0. The van der Waals surface area contributed by atoms with Crippen LogP contribution in [0.4, 0.5) is 15.5 Å². The summed E-state index contributed by atoms with van der Waals surface area (Å²) in [4.78, 5) is 35.7. The zero-order valence-electron chi connectivity index (χ0n) is 16.9. The molecule has 3 aromatic rings. The molecule has 0 radical (unpaired) electrons. The first kappa shape index (κ1) is 20.5. The van der Waals surface area contributed by atoms with Gasteiger partial charge in [0, 0.05) is 51.0 Å². The smallest absolute Gasteiger partial charge is 0.416 e. The molecule has 1 fully saturated rings. The van der Waals surface area contributed by atoms with Gasteiger partial charge >= 0.3 is 12.2 Å². The Labute approximate surface area is 179 Å². The van der Waals surface area contributed by atoms with Crippen molar-refractivity contribution in [1.29, 1.82) is 0 Å². The lowest BCUT2D eigenvalue weighted by Crippen LogP contribution is -2.50. The second-order valence-corrected chi connectivity index (χ2v) is 7.35. The number of carboxylic acid groups (broad SMARTS) is 2. The van der Waals surface area contributed by atoms with Crippen molar-refractivity contribution in [3.63, 3.8) is 0 Å². The molecule has 2 heterocycles. The Morgan fingerprint density at radius 2 is 1.65 bits per heavy atom. The Balaban J connectivity index is 1.40. The number of imide groups is 1. The molecule has 0 saturated carbocycles. The van der Waals surface area contributed by atoms with Gasteiger partial charge < -0.3 is 15.1 Å². The van der Waals surface area contributed by atoms with E-state index in [1.165, 1.54) is 5.39 Å². The second kappa shape index (κ2) is 8.97. The van der Waals surface area contributed by atoms with Gasteiger partial charge in [-0.2, -0.15) is 0 Å². The van der Waals surface area contributed by atoms with Crippen molar-refractivity contribution in [2.75, 3.05) is 44.2 Å². The van der Waals surface area contributed by atoms with Crippen LogP contribution >= 0.6 is 0 Å². The van der Waals surface area contributed by atoms with E-state index in [1.807, 2.05) is 23.1 Å². The van der Waals surface area contributed by atoms with Gasteiger partial charge in [0.05, 0.1) is 5.69 Å². The Kier molecular flexibility index (Phi) is 5.94. The van der Waals surface area contributed by atoms with Crippen molar-refractivity contribution < 1.29 is 19.8 Å². The Morgan fingerprint density at radius 3 is 2.35 bits per heavy atom. The highest BCUT2D eigenvalue weighted by atomic mass is 16.4. The third-order valence-electron chi connectivity index (χ3n) is 5.44. The Morgan fingerprint density at radius 1 is 0.935 bits per heavy atom. The first-order valence-electron chi connectivity index (χ1n) is 10.0. The molecule has 1 aromatic heterocycles. The lowest BCUT2D eigenvalue weighted by Gasteiger charge is -2.35. The number of hydrogen-bond donors (Lipinski definition) is 2. The Hall–Kier alpha value is -3.72. The summed E-state index contributed by atoms with van der Waals surface area (Å²) in [5, 5.41) is 20.2. The van der Waals surface area contributed by atoms with E-state index in [-0.39, 0.29) is 6.54 Å². The molecule has 2 aromatic carbocycles. The maximum Gasteiger partial charge on any atom is 0.416 e. The minimum atomic E-state index is -1.45. The molecule has 4 rings (SSSR count). The molecular formula is C22H23N5O4. The van der Waals surface area contributed by atoms with Crippen molar-refractivity contribution in [1.82, 2.24) is 19.8 Å². The molecule has 0 spiro atoms. The van der Waals surface area contributed by atoms with Crippen LogP contribution in [0.3, 0.4) is 0 Å². The fraction of sp³-hybridized carbons (Fsp3) is 0.273. The SMILES string of the molecule is O=C(O)N(CCN1CCN(c2nccc(-c3ccc4ccccc4c3)n2)CC1)C(=O)O. The fourth-order valence-corrected chi connectivity index (χ4v) is 3.70. The molecule has 1 aliphatic heterocycles. The van der Waals surface area contributed by atoms with Gasteiger partial charge in [-0.05, 0) is 22.9 Å². The number of piperazine rings is 1. The van der Waals surface area contributed by atoms with Crippen molar-refractivity contribution >= 4 is 28.9 Å². The van der Waals surface area contributed by atoms with Crippen LogP contribution in [0.5, 0.6) is 0 Å². The predicted octanol–water partition coefficient (Wildman–Crippen LogP) is 3.08. The summed E-state index contributed by atoms with van der Waals surface area (Å²) in [6.07, 6.45) is -1.15. The second-order valence-electron chi connectivity index (χ2n) is 7.35. The number of carbonyl (C=O) groups is 2. The van der Waals surface area contributed by atoms with Gasteiger partial charge in [-0.1, -0.05) is 36.4 Å². The van der Waals surface area contributed by atoms with E-state index < -0.39 is 12.2 Å².